The molecule has 38 heavy (non-hydrogen) atoms. The Hall–Kier alpha value is -2.08. The average Bonchev–Trinajstić information content (AvgIpc) is 2.94. The van der Waals surface area contributed by atoms with Gasteiger partial charge in [0.15, 0.2) is 0 Å². The lowest BCUT2D eigenvalue weighted by atomic mass is 10.0. The van der Waals surface area contributed by atoms with Gasteiger partial charge < -0.3 is 24.8 Å². The predicted octanol–water partition coefficient (Wildman–Crippen LogP) is 6.69. The molecule has 0 aliphatic heterocycles. The fraction of sp³-hybridized carbons (Fsp3) is 0.636. The van der Waals surface area contributed by atoms with Crippen molar-refractivity contribution in [1.82, 2.24) is 10.6 Å². The Bertz CT molecular complexity index is 856. The van der Waals surface area contributed by atoms with E-state index in [9.17, 15) is 0 Å². The molecule has 2 aromatic carbocycles. The lowest BCUT2D eigenvalue weighted by molar-refractivity contribution is 0.101. The summed E-state index contributed by atoms with van der Waals surface area (Å²) in [6, 6.07) is 17.1. The third kappa shape index (κ3) is 13.1. The molecule has 0 aliphatic rings. The fourth-order valence-electron chi connectivity index (χ4n) is 4.77. The van der Waals surface area contributed by atoms with Crippen LogP contribution in [0.3, 0.4) is 0 Å². The highest BCUT2D eigenvalue weighted by Crippen LogP contribution is 2.19. The molecule has 0 fully saturated rings. The third-order valence-electron chi connectivity index (χ3n) is 7.41. The van der Waals surface area contributed by atoms with Gasteiger partial charge in [0.2, 0.25) is 0 Å². The zero-order valence-corrected chi connectivity index (χ0v) is 24.8. The van der Waals surface area contributed by atoms with Crippen molar-refractivity contribution in [2.75, 3.05) is 47.0 Å². The standard InChI is InChI=1S/C33H54N2O3/c1-6-12-29(26-38-31-16-9-13-28(21-31)15-11-19-34-4)18-20-35-24-33(36-5)23-30-14-10-17-32(22-30)37-25-27(7-2)8-3/h9-10,13-14,16-17,21-22,27,29,33-35H,6-8,11-12,15,18-20,23-26H2,1-5H3/t29?,33-/m1/s1. The summed E-state index contributed by atoms with van der Waals surface area (Å²) in [5, 5.41) is 6.85. The Morgan fingerprint density at radius 3 is 2.08 bits per heavy atom. The van der Waals surface area contributed by atoms with E-state index in [2.05, 4.69) is 79.9 Å². The quantitative estimate of drug-likeness (QED) is 0.168. The van der Waals surface area contributed by atoms with Gasteiger partial charge in [-0.3, -0.25) is 0 Å². The molecule has 214 valence electrons. The first kappa shape index (κ1) is 32.1. The first-order valence-electron chi connectivity index (χ1n) is 14.9. The molecule has 0 radical (unpaired) electrons. The van der Waals surface area contributed by atoms with E-state index >= 15 is 0 Å². The van der Waals surface area contributed by atoms with E-state index in [0.717, 1.165) is 82.9 Å². The molecule has 0 saturated carbocycles. The minimum absolute atomic E-state index is 0.135. The Labute approximate surface area is 233 Å². The van der Waals surface area contributed by atoms with Crippen molar-refractivity contribution in [3.63, 3.8) is 0 Å². The Balaban J connectivity index is 1.75. The molecule has 5 nitrogen and oxygen atoms in total. The molecule has 0 heterocycles. The molecule has 0 saturated heterocycles. The van der Waals surface area contributed by atoms with E-state index in [-0.39, 0.29) is 6.10 Å². The van der Waals surface area contributed by atoms with Gasteiger partial charge in [-0.05, 0) is 99.5 Å². The van der Waals surface area contributed by atoms with Crippen LogP contribution >= 0.6 is 0 Å². The lowest BCUT2D eigenvalue weighted by Gasteiger charge is -2.20. The van der Waals surface area contributed by atoms with E-state index in [1.165, 1.54) is 24.0 Å². The summed E-state index contributed by atoms with van der Waals surface area (Å²) in [7, 11) is 3.81. The largest absolute Gasteiger partial charge is 0.493 e. The number of ether oxygens (including phenoxy) is 3. The normalized spacial score (nSPS) is 13.0. The van der Waals surface area contributed by atoms with Gasteiger partial charge in [0.05, 0.1) is 19.3 Å². The van der Waals surface area contributed by atoms with Crippen LogP contribution < -0.4 is 20.1 Å². The number of benzene rings is 2. The highest BCUT2D eigenvalue weighted by Gasteiger charge is 2.13. The minimum Gasteiger partial charge on any atom is -0.493 e. The molecule has 0 aromatic heterocycles. The smallest absolute Gasteiger partial charge is 0.119 e. The number of hydrogen-bond acceptors (Lipinski definition) is 5. The molecule has 2 rings (SSSR count). The Kier molecular flexibility index (Phi) is 16.8. The monoisotopic (exact) mass is 526 g/mol. The van der Waals surface area contributed by atoms with Crippen LogP contribution in [0.1, 0.15) is 70.4 Å². The van der Waals surface area contributed by atoms with Gasteiger partial charge in [-0.15, -0.1) is 0 Å². The molecule has 2 aromatic rings. The van der Waals surface area contributed by atoms with Gasteiger partial charge in [-0.1, -0.05) is 64.3 Å². The molecule has 2 atom stereocenters. The number of nitrogens with one attached hydrogen (secondary N) is 2. The maximum atomic E-state index is 6.23. The highest BCUT2D eigenvalue weighted by molar-refractivity contribution is 5.29. The van der Waals surface area contributed by atoms with E-state index in [1.807, 2.05) is 7.05 Å². The average molecular weight is 527 g/mol. The summed E-state index contributed by atoms with van der Waals surface area (Å²) in [6.45, 7) is 11.1. The Morgan fingerprint density at radius 2 is 1.45 bits per heavy atom. The maximum absolute atomic E-state index is 6.23. The third-order valence-corrected chi connectivity index (χ3v) is 7.41. The van der Waals surface area contributed by atoms with Crippen LogP contribution in [0.4, 0.5) is 0 Å². The molecule has 0 spiro atoms. The minimum atomic E-state index is 0.135. The summed E-state index contributed by atoms with van der Waals surface area (Å²) in [5.74, 6) is 3.12. The molecular formula is C33H54N2O3. The van der Waals surface area contributed by atoms with Gasteiger partial charge in [0.1, 0.15) is 11.5 Å². The summed E-state index contributed by atoms with van der Waals surface area (Å²) < 4.78 is 18.1. The highest BCUT2D eigenvalue weighted by atomic mass is 16.5. The maximum Gasteiger partial charge on any atom is 0.119 e. The number of methoxy groups -OCH3 is 1. The van der Waals surface area contributed by atoms with Crippen molar-refractivity contribution in [2.45, 2.75) is 78.2 Å². The van der Waals surface area contributed by atoms with Gasteiger partial charge in [0, 0.05) is 13.7 Å². The van der Waals surface area contributed by atoms with Crippen molar-refractivity contribution in [3.8, 4) is 11.5 Å². The van der Waals surface area contributed by atoms with Crippen LogP contribution in [0.15, 0.2) is 48.5 Å². The van der Waals surface area contributed by atoms with Crippen LogP contribution in [0.25, 0.3) is 0 Å². The fourth-order valence-corrected chi connectivity index (χ4v) is 4.77. The lowest BCUT2D eigenvalue weighted by Crippen LogP contribution is -2.32. The SMILES string of the molecule is CCCC(CCNC[C@@H](Cc1cccc(OCC(CC)CC)c1)OC)COc1cccc(CCCNC)c1. The van der Waals surface area contributed by atoms with Crippen LogP contribution in [0.2, 0.25) is 0 Å². The topological polar surface area (TPSA) is 51.8 Å². The van der Waals surface area contributed by atoms with E-state index in [4.69, 9.17) is 14.2 Å². The van der Waals surface area contributed by atoms with Crippen LogP contribution in [-0.2, 0) is 17.6 Å². The van der Waals surface area contributed by atoms with E-state index < -0.39 is 0 Å². The first-order chi connectivity index (χ1) is 18.6. The predicted molar refractivity (Wildman–Crippen MR) is 161 cm³/mol. The number of aryl methyl sites for hydroxylation is 1. The Morgan fingerprint density at radius 1 is 0.789 bits per heavy atom. The van der Waals surface area contributed by atoms with E-state index in [1.54, 1.807) is 7.11 Å². The van der Waals surface area contributed by atoms with Gasteiger partial charge in [0.25, 0.3) is 0 Å². The summed E-state index contributed by atoms with van der Waals surface area (Å²) >= 11 is 0. The summed E-state index contributed by atoms with van der Waals surface area (Å²) in [4.78, 5) is 0. The summed E-state index contributed by atoms with van der Waals surface area (Å²) in [5.41, 5.74) is 2.60. The summed E-state index contributed by atoms with van der Waals surface area (Å²) in [6.07, 6.45) is 9.00. The van der Waals surface area contributed by atoms with Crippen molar-refractivity contribution in [3.05, 3.63) is 59.7 Å². The van der Waals surface area contributed by atoms with Crippen LogP contribution in [0.5, 0.6) is 11.5 Å². The van der Waals surface area contributed by atoms with E-state index in [0.29, 0.717) is 11.8 Å². The molecule has 0 bridgehead atoms. The second kappa shape index (κ2) is 19.9. The first-order valence-corrected chi connectivity index (χ1v) is 14.9. The van der Waals surface area contributed by atoms with Crippen molar-refractivity contribution in [2.24, 2.45) is 11.8 Å². The zero-order chi connectivity index (χ0) is 27.4. The van der Waals surface area contributed by atoms with Crippen molar-refractivity contribution < 1.29 is 14.2 Å². The van der Waals surface area contributed by atoms with Gasteiger partial charge in [-0.2, -0.15) is 0 Å². The molecular weight excluding hydrogens is 472 g/mol. The van der Waals surface area contributed by atoms with Crippen LogP contribution in [0, 0.1) is 11.8 Å². The molecule has 5 heteroatoms. The molecule has 0 amide bonds. The van der Waals surface area contributed by atoms with Gasteiger partial charge in [-0.25, -0.2) is 0 Å². The second-order valence-electron chi connectivity index (χ2n) is 10.5. The van der Waals surface area contributed by atoms with Gasteiger partial charge >= 0.3 is 0 Å². The molecule has 2 N–H and O–H groups in total. The molecule has 0 aliphatic carbocycles. The van der Waals surface area contributed by atoms with Crippen molar-refractivity contribution >= 4 is 0 Å². The van der Waals surface area contributed by atoms with Crippen LogP contribution in [-0.4, -0.2) is 53.1 Å². The number of hydrogen-bond donors (Lipinski definition) is 2. The second-order valence-corrected chi connectivity index (χ2v) is 10.5. The number of rotatable bonds is 22. The molecule has 1 unspecified atom stereocenters. The zero-order valence-electron chi connectivity index (χ0n) is 24.8. The van der Waals surface area contributed by atoms with Crippen molar-refractivity contribution in [1.29, 1.82) is 0 Å².